The third-order valence-corrected chi connectivity index (χ3v) is 4.86. The molecule has 1 aliphatic carbocycles. The van der Waals surface area contributed by atoms with Gasteiger partial charge in [0.15, 0.2) is 0 Å². The van der Waals surface area contributed by atoms with Crippen molar-refractivity contribution in [2.24, 2.45) is 0 Å². The number of carbonyl (C=O) groups is 1. The van der Waals surface area contributed by atoms with Crippen LogP contribution in [0.5, 0.6) is 0 Å². The first-order valence-electron chi connectivity index (χ1n) is 9.29. The van der Waals surface area contributed by atoms with Gasteiger partial charge in [-0.05, 0) is 67.9 Å². The zero-order valence-electron chi connectivity index (χ0n) is 15.7. The Morgan fingerprint density at radius 2 is 2.00 bits per heavy atom. The van der Waals surface area contributed by atoms with Crippen LogP contribution in [0, 0.1) is 18.3 Å². The molecule has 3 rings (SSSR count). The second-order valence-electron chi connectivity index (χ2n) is 6.97. The van der Waals surface area contributed by atoms with Gasteiger partial charge in [0.2, 0.25) is 0 Å². The quantitative estimate of drug-likeness (QED) is 0.625. The Kier molecular flexibility index (Phi) is 5.87. The van der Waals surface area contributed by atoms with Crippen molar-refractivity contribution in [2.75, 3.05) is 5.32 Å². The van der Waals surface area contributed by atoms with E-state index in [0.717, 1.165) is 24.0 Å². The van der Waals surface area contributed by atoms with Gasteiger partial charge in [0.05, 0.1) is 6.04 Å². The summed E-state index contributed by atoms with van der Waals surface area (Å²) < 4.78 is 0. The fraction of sp³-hybridized carbons (Fsp3) is 0.318. The number of aryl methyl sites for hydroxylation is 3. The van der Waals surface area contributed by atoms with Crippen molar-refractivity contribution in [3.63, 3.8) is 0 Å². The Balaban J connectivity index is 1.66. The van der Waals surface area contributed by atoms with Gasteiger partial charge in [0.25, 0.3) is 5.91 Å². The average molecular weight is 360 g/mol. The van der Waals surface area contributed by atoms with Crippen LogP contribution >= 0.6 is 0 Å². The summed E-state index contributed by atoms with van der Waals surface area (Å²) in [6.45, 7) is 3.88. The second kappa shape index (κ2) is 8.50. The van der Waals surface area contributed by atoms with E-state index in [1.54, 1.807) is 12.3 Å². The summed E-state index contributed by atoms with van der Waals surface area (Å²) in [6.07, 6.45) is 7.82. The Bertz CT molecular complexity index is 894. The minimum absolute atomic E-state index is 0.0159. The predicted octanol–water partition coefficient (Wildman–Crippen LogP) is 3.97. The lowest BCUT2D eigenvalue weighted by Crippen LogP contribution is -2.28. The van der Waals surface area contributed by atoms with Crippen LogP contribution in [0.4, 0.5) is 5.82 Å². The van der Waals surface area contributed by atoms with Crippen molar-refractivity contribution >= 4 is 11.7 Å². The van der Waals surface area contributed by atoms with E-state index in [0.29, 0.717) is 5.82 Å². The molecule has 5 nitrogen and oxygen atoms in total. The molecule has 1 unspecified atom stereocenters. The number of aromatic nitrogens is 1. The van der Waals surface area contributed by atoms with Gasteiger partial charge in [0, 0.05) is 12.4 Å². The number of benzene rings is 1. The zero-order chi connectivity index (χ0) is 19.2. The minimum Gasteiger partial charge on any atom is -0.345 e. The Morgan fingerprint density at radius 1 is 1.22 bits per heavy atom. The number of hydrogen-bond donors (Lipinski definition) is 2. The third-order valence-electron chi connectivity index (χ3n) is 4.86. The summed E-state index contributed by atoms with van der Waals surface area (Å²) in [4.78, 5) is 16.7. The lowest BCUT2D eigenvalue weighted by molar-refractivity contribution is -0.117. The number of anilines is 1. The molecule has 0 aliphatic heterocycles. The summed E-state index contributed by atoms with van der Waals surface area (Å²) in [5, 5.41) is 15.1. The Hall–Kier alpha value is -3.13. The standard InChI is InChI=1S/C22H24N4O/c1-15-7-10-21(24-13-15)25-14-20(12-23)22(27)26-16(2)18-9-8-17-5-3-4-6-19(17)11-18/h7-11,13-14,16H,3-6H2,1-2H3,(H,24,25)(H,26,27)/b20-14-. The van der Waals surface area contributed by atoms with Crippen LogP contribution in [0.3, 0.4) is 0 Å². The molecule has 27 heavy (non-hydrogen) atoms. The second-order valence-corrected chi connectivity index (χ2v) is 6.97. The molecule has 0 radical (unpaired) electrons. The van der Waals surface area contributed by atoms with Gasteiger partial charge in [-0.3, -0.25) is 4.79 Å². The Morgan fingerprint density at radius 3 is 2.70 bits per heavy atom. The van der Waals surface area contributed by atoms with E-state index in [2.05, 4.69) is 33.8 Å². The molecule has 1 aromatic carbocycles. The maximum atomic E-state index is 12.5. The SMILES string of the molecule is Cc1ccc(N/C=C(/C#N)C(=O)NC(C)c2ccc3c(c2)CCCC3)nc1. The van der Waals surface area contributed by atoms with E-state index in [1.807, 2.05) is 26.0 Å². The molecule has 1 amide bonds. The molecule has 1 heterocycles. The predicted molar refractivity (Wildman–Crippen MR) is 106 cm³/mol. The van der Waals surface area contributed by atoms with Gasteiger partial charge in [-0.15, -0.1) is 0 Å². The summed E-state index contributed by atoms with van der Waals surface area (Å²) >= 11 is 0. The first-order valence-corrected chi connectivity index (χ1v) is 9.29. The maximum absolute atomic E-state index is 12.5. The van der Waals surface area contributed by atoms with Crippen LogP contribution in [0.25, 0.3) is 0 Å². The highest BCUT2D eigenvalue weighted by atomic mass is 16.1. The lowest BCUT2D eigenvalue weighted by Gasteiger charge is -2.20. The van der Waals surface area contributed by atoms with Gasteiger partial charge in [-0.2, -0.15) is 5.26 Å². The smallest absolute Gasteiger partial charge is 0.263 e. The monoisotopic (exact) mass is 360 g/mol. The molecular formula is C22H24N4O. The maximum Gasteiger partial charge on any atom is 0.263 e. The fourth-order valence-corrected chi connectivity index (χ4v) is 3.23. The van der Waals surface area contributed by atoms with Crippen LogP contribution in [-0.4, -0.2) is 10.9 Å². The van der Waals surface area contributed by atoms with Crippen LogP contribution in [-0.2, 0) is 17.6 Å². The molecule has 0 spiro atoms. The average Bonchev–Trinajstić information content (AvgIpc) is 2.69. The van der Waals surface area contributed by atoms with Crippen molar-refractivity contribution < 1.29 is 4.79 Å². The van der Waals surface area contributed by atoms with Crippen LogP contribution < -0.4 is 10.6 Å². The van der Waals surface area contributed by atoms with Crippen molar-refractivity contribution in [2.45, 2.75) is 45.6 Å². The number of pyridine rings is 1. The molecule has 0 saturated carbocycles. The van der Waals surface area contributed by atoms with Crippen molar-refractivity contribution in [3.05, 3.63) is 70.6 Å². The number of hydrogen-bond acceptors (Lipinski definition) is 4. The fourth-order valence-electron chi connectivity index (χ4n) is 3.23. The summed E-state index contributed by atoms with van der Waals surface area (Å²) in [5.74, 6) is 0.186. The molecule has 2 aromatic rings. The van der Waals surface area contributed by atoms with E-state index >= 15 is 0 Å². The van der Waals surface area contributed by atoms with E-state index in [4.69, 9.17) is 0 Å². The van der Waals surface area contributed by atoms with E-state index < -0.39 is 5.91 Å². The molecule has 1 aliphatic rings. The molecular weight excluding hydrogens is 336 g/mol. The first kappa shape index (κ1) is 18.7. The zero-order valence-corrected chi connectivity index (χ0v) is 15.7. The van der Waals surface area contributed by atoms with Crippen LogP contribution in [0.1, 0.15) is 48.1 Å². The highest BCUT2D eigenvalue weighted by molar-refractivity contribution is 5.97. The van der Waals surface area contributed by atoms with Crippen molar-refractivity contribution in [1.29, 1.82) is 5.26 Å². The number of nitrogens with one attached hydrogen (secondary N) is 2. The van der Waals surface area contributed by atoms with Gasteiger partial charge >= 0.3 is 0 Å². The topological polar surface area (TPSA) is 77.8 Å². The van der Waals surface area contributed by atoms with Gasteiger partial charge in [0.1, 0.15) is 17.5 Å². The first-order chi connectivity index (χ1) is 13.1. The van der Waals surface area contributed by atoms with Gasteiger partial charge < -0.3 is 10.6 Å². The molecule has 5 heteroatoms. The number of rotatable bonds is 5. The highest BCUT2D eigenvalue weighted by Crippen LogP contribution is 2.24. The normalized spacial score (nSPS) is 14.6. The molecule has 0 fully saturated rings. The van der Waals surface area contributed by atoms with Crippen molar-refractivity contribution in [3.8, 4) is 6.07 Å². The van der Waals surface area contributed by atoms with Gasteiger partial charge in [-0.25, -0.2) is 4.98 Å². The van der Waals surface area contributed by atoms with E-state index in [1.165, 1.54) is 30.2 Å². The molecule has 2 N–H and O–H groups in total. The molecule has 1 atom stereocenters. The summed E-state index contributed by atoms with van der Waals surface area (Å²) in [5.41, 5.74) is 4.91. The molecule has 138 valence electrons. The lowest BCUT2D eigenvalue weighted by atomic mass is 9.89. The number of nitrogens with zero attached hydrogens (tertiary/aromatic N) is 2. The number of fused-ring (bicyclic) bond motifs is 1. The van der Waals surface area contributed by atoms with Crippen LogP contribution in [0.15, 0.2) is 48.3 Å². The highest BCUT2D eigenvalue weighted by Gasteiger charge is 2.16. The van der Waals surface area contributed by atoms with Crippen molar-refractivity contribution in [1.82, 2.24) is 10.3 Å². The molecule has 0 bridgehead atoms. The third kappa shape index (κ3) is 4.73. The summed E-state index contributed by atoms with van der Waals surface area (Å²) in [7, 11) is 0. The number of nitriles is 1. The minimum atomic E-state index is -0.401. The van der Waals surface area contributed by atoms with Crippen LogP contribution in [0.2, 0.25) is 0 Å². The number of carbonyl (C=O) groups excluding carboxylic acids is 1. The van der Waals surface area contributed by atoms with E-state index in [9.17, 15) is 10.1 Å². The molecule has 0 saturated heterocycles. The van der Waals surface area contributed by atoms with E-state index in [-0.39, 0.29) is 11.6 Å². The Labute approximate surface area is 160 Å². The summed E-state index contributed by atoms with van der Waals surface area (Å²) in [6, 6.07) is 11.9. The molecule has 1 aromatic heterocycles. The van der Waals surface area contributed by atoms with Gasteiger partial charge in [-0.1, -0.05) is 24.3 Å². The largest absolute Gasteiger partial charge is 0.345 e. The number of amides is 1.